The number of nitro groups is 1. The van der Waals surface area contributed by atoms with Gasteiger partial charge in [0, 0.05) is 23.0 Å². The van der Waals surface area contributed by atoms with Crippen molar-refractivity contribution in [2.24, 2.45) is 11.8 Å². The van der Waals surface area contributed by atoms with E-state index in [0.717, 1.165) is 37.1 Å². The Labute approximate surface area is 124 Å². The van der Waals surface area contributed by atoms with E-state index in [4.69, 9.17) is 0 Å². The van der Waals surface area contributed by atoms with Gasteiger partial charge in [-0.05, 0) is 38.7 Å². The van der Waals surface area contributed by atoms with Crippen LogP contribution in [0.4, 0.5) is 0 Å². The van der Waals surface area contributed by atoms with Gasteiger partial charge >= 0.3 is 0 Å². The van der Waals surface area contributed by atoms with E-state index in [1.54, 1.807) is 0 Å². The number of nitrogens with zero attached hydrogens (tertiary/aromatic N) is 3. The highest BCUT2D eigenvalue weighted by Crippen LogP contribution is 2.32. The molecule has 6 nitrogen and oxygen atoms in total. The average Bonchev–Trinajstić information content (AvgIpc) is 2.77. The average molecular weight is 293 g/mol. The van der Waals surface area contributed by atoms with Gasteiger partial charge in [-0.15, -0.1) is 0 Å². The molecule has 0 bridgehead atoms. The van der Waals surface area contributed by atoms with E-state index in [2.05, 4.69) is 5.10 Å². The molecular formula is C15H23N3O3. The van der Waals surface area contributed by atoms with Crippen LogP contribution < -0.4 is 0 Å². The topological polar surface area (TPSA) is 78.0 Å². The van der Waals surface area contributed by atoms with Crippen LogP contribution in [0.5, 0.6) is 0 Å². The monoisotopic (exact) mass is 293 g/mol. The van der Waals surface area contributed by atoms with Crippen LogP contribution in [0.2, 0.25) is 0 Å². The first kappa shape index (κ1) is 15.7. The molecule has 6 heteroatoms. The zero-order chi connectivity index (χ0) is 15.4. The van der Waals surface area contributed by atoms with Gasteiger partial charge in [-0.1, -0.05) is 19.3 Å². The summed E-state index contributed by atoms with van der Waals surface area (Å²) in [7, 11) is 0. The SMILES string of the molecule is Cc1cc(C)n(C(=O)CC(C[N+](=O)[O-])C2CCCCC2)n1. The van der Waals surface area contributed by atoms with E-state index in [1.165, 1.54) is 11.1 Å². The van der Waals surface area contributed by atoms with Crippen molar-refractivity contribution in [3.63, 3.8) is 0 Å². The molecule has 1 aromatic heterocycles. The van der Waals surface area contributed by atoms with Gasteiger partial charge in [-0.25, -0.2) is 4.68 Å². The summed E-state index contributed by atoms with van der Waals surface area (Å²) in [5.41, 5.74) is 1.59. The molecule has 1 fully saturated rings. The predicted octanol–water partition coefficient (Wildman–Crippen LogP) is 3.00. The van der Waals surface area contributed by atoms with E-state index in [9.17, 15) is 14.9 Å². The van der Waals surface area contributed by atoms with Gasteiger partial charge in [0.2, 0.25) is 12.5 Å². The number of rotatable bonds is 5. The zero-order valence-corrected chi connectivity index (χ0v) is 12.7. The fourth-order valence-corrected chi connectivity index (χ4v) is 3.37. The Morgan fingerprint density at radius 2 is 2.10 bits per heavy atom. The van der Waals surface area contributed by atoms with Crippen LogP contribution >= 0.6 is 0 Å². The number of aromatic nitrogens is 2. The first-order valence-electron chi connectivity index (χ1n) is 7.65. The molecule has 0 saturated heterocycles. The molecule has 1 heterocycles. The standard InChI is InChI=1S/C15H23N3O3/c1-11-8-12(2)18(16-11)15(19)9-14(10-17(20)21)13-6-4-3-5-7-13/h8,13-14H,3-7,9-10H2,1-2H3. The first-order chi connectivity index (χ1) is 9.97. The minimum absolute atomic E-state index is 0.115. The summed E-state index contributed by atoms with van der Waals surface area (Å²) >= 11 is 0. The van der Waals surface area contributed by atoms with Crippen molar-refractivity contribution in [1.82, 2.24) is 9.78 Å². The highest BCUT2D eigenvalue weighted by atomic mass is 16.6. The van der Waals surface area contributed by atoms with Crippen molar-refractivity contribution in [3.05, 3.63) is 27.6 Å². The van der Waals surface area contributed by atoms with E-state index < -0.39 is 0 Å². The molecule has 1 aliphatic rings. The third kappa shape index (κ3) is 4.12. The molecule has 2 rings (SSSR count). The Bertz CT molecular complexity index is 518. The molecule has 0 spiro atoms. The third-order valence-corrected chi connectivity index (χ3v) is 4.38. The molecule has 116 valence electrons. The fraction of sp³-hybridized carbons (Fsp3) is 0.733. The maximum atomic E-state index is 12.4. The Hall–Kier alpha value is -1.72. The normalized spacial score (nSPS) is 17.6. The molecule has 0 radical (unpaired) electrons. The predicted molar refractivity (Wildman–Crippen MR) is 78.9 cm³/mol. The van der Waals surface area contributed by atoms with Gasteiger partial charge in [-0.2, -0.15) is 5.10 Å². The molecule has 1 saturated carbocycles. The summed E-state index contributed by atoms with van der Waals surface area (Å²) in [4.78, 5) is 23.0. The molecule has 0 aliphatic heterocycles. The van der Waals surface area contributed by atoms with Crippen LogP contribution in [0.3, 0.4) is 0 Å². The molecule has 0 amide bonds. The summed E-state index contributed by atoms with van der Waals surface area (Å²) in [6.07, 6.45) is 5.66. The molecule has 1 aliphatic carbocycles. The summed E-state index contributed by atoms with van der Waals surface area (Å²) < 4.78 is 1.39. The van der Waals surface area contributed by atoms with Crippen molar-refractivity contribution in [2.75, 3.05) is 6.54 Å². The molecule has 0 N–H and O–H groups in total. The first-order valence-corrected chi connectivity index (χ1v) is 7.65. The van der Waals surface area contributed by atoms with Crippen molar-refractivity contribution in [3.8, 4) is 0 Å². The molecular weight excluding hydrogens is 270 g/mol. The second kappa shape index (κ2) is 6.83. The number of carbonyl (C=O) groups is 1. The lowest BCUT2D eigenvalue weighted by molar-refractivity contribution is -0.490. The minimum Gasteiger partial charge on any atom is -0.273 e. The smallest absolute Gasteiger partial charge is 0.247 e. The number of hydrogen-bond donors (Lipinski definition) is 0. The Morgan fingerprint density at radius 3 is 2.62 bits per heavy atom. The van der Waals surface area contributed by atoms with Crippen LogP contribution in [0.15, 0.2) is 6.07 Å². The van der Waals surface area contributed by atoms with Gasteiger partial charge < -0.3 is 0 Å². The van der Waals surface area contributed by atoms with Crippen molar-refractivity contribution in [2.45, 2.75) is 52.4 Å². The highest BCUT2D eigenvalue weighted by Gasteiger charge is 2.30. The maximum absolute atomic E-state index is 12.4. The van der Waals surface area contributed by atoms with Crippen molar-refractivity contribution in [1.29, 1.82) is 0 Å². The second-order valence-corrected chi connectivity index (χ2v) is 6.11. The van der Waals surface area contributed by atoms with Gasteiger partial charge in [0.1, 0.15) is 0 Å². The van der Waals surface area contributed by atoms with Crippen LogP contribution in [0, 0.1) is 35.8 Å². The van der Waals surface area contributed by atoms with Gasteiger partial charge in [-0.3, -0.25) is 14.9 Å². The largest absolute Gasteiger partial charge is 0.273 e. The van der Waals surface area contributed by atoms with Crippen LogP contribution in [-0.2, 0) is 0 Å². The maximum Gasteiger partial charge on any atom is 0.247 e. The molecule has 1 unspecified atom stereocenters. The van der Waals surface area contributed by atoms with E-state index in [-0.39, 0.29) is 29.7 Å². The van der Waals surface area contributed by atoms with E-state index >= 15 is 0 Å². The number of carbonyl (C=O) groups excluding carboxylic acids is 1. The summed E-state index contributed by atoms with van der Waals surface area (Å²) in [6, 6.07) is 1.85. The van der Waals surface area contributed by atoms with Crippen molar-refractivity contribution < 1.29 is 9.72 Å². The van der Waals surface area contributed by atoms with E-state index in [1.807, 2.05) is 19.9 Å². The Balaban J connectivity index is 2.08. The molecule has 1 aromatic rings. The van der Waals surface area contributed by atoms with Crippen molar-refractivity contribution >= 4 is 5.91 Å². The highest BCUT2D eigenvalue weighted by molar-refractivity contribution is 5.79. The lowest BCUT2D eigenvalue weighted by atomic mass is 9.78. The number of aryl methyl sites for hydroxylation is 2. The van der Waals surface area contributed by atoms with Gasteiger partial charge in [0.15, 0.2) is 0 Å². The lowest BCUT2D eigenvalue weighted by Crippen LogP contribution is -2.29. The fourth-order valence-electron chi connectivity index (χ4n) is 3.37. The van der Waals surface area contributed by atoms with E-state index in [0.29, 0.717) is 5.92 Å². The van der Waals surface area contributed by atoms with Crippen LogP contribution in [-0.4, -0.2) is 27.2 Å². The molecule has 21 heavy (non-hydrogen) atoms. The number of hydrogen-bond acceptors (Lipinski definition) is 4. The zero-order valence-electron chi connectivity index (χ0n) is 12.7. The summed E-state index contributed by atoms with van der Waals surface area (Å²) in [5, 5.41) is 15.1. The van der Waals surface area contributed by atoms with Crippen LogP contribution in [0.25, 0.3) is 0 Å². The van der Waals surface area contributed by atoms with Crippen LogP contribution in [0.1, 0.15) is 54.7 Å². The second-order valence-electron chi connectivity index (χ2n) is 6.11. The Kier molecular flexibility index (Phi) is 5.09. The summed E-state index contributed by atoms with van der Waals surface area (Å²) in [5.74, 6) is -0.000190. The minimum atomic E-state index is -0.284. The van der Waals surface area contributed by atoms with Gasteiger partial charge in [0.25, 0.3) is 0 Å². The molecule has 1 atom stereocenters. The third-order valence-electron chi connectivity index (χ3n) is 4.38. The summed E-state index contributed by atoms with van der Waals surface area (Å²) in [6.45, 7) is 3.56. The lowest BCUT2D eigenvalue weighted by Gasteiger charge is -2.27. The molecule has 0 aromatic carbocycles. The van der Waals surface area contributed by atoms with Gasteiger partial charge in [0.05, 0.1) is 5.69 Å². The quantitative estimate of drug-likeness (QED) is 0.617. The Morgan fingerprint density at radius 1 is 1.43 bits per heavy atom.